The summed E-state index contributed by atoms with van der Waals surface area (Å²) in [5, 5.41) is 5.81. The van der Waals surface area contributed by atoms with Crippen LogP contribution in [0.1, 0.15) is 36.0 Å². The number of nitrogens with zero attached hydrogens (tertiary/aromatic N) is 2. The van der Waals surface area contributed by atoms with Gasteiger partial charge in [0.2, 0.25) is 5.91 Å². The number of amides is 4. The Morgan fingerprint density at radius 1 is 0.788 bits per heavy atom. The van der Waals surface area contributed by atoms with E-state index in [2.05, 4.69) is 10.6 Å². The van der Waals surface area contributed by atoms with E-state index < -0.39 is 0 Å². The first-order valence-electron chi connectivity index (χ1n) is 11.5. The summed E-state index contributed by atoms with van der Waals surface area (Å²) < 4.78 is 13.1. The van der Waals surface area contributed by atoms with Crippen molar-refractivity contribution in [3.63, 3.8) is 0 Å². The molecule has 0 aromatic heterocycles. The van der Waals surface area contributed by atoms with Crippen LogP contribution in [-0.2, 0) is 4.79 Å². The Balaban J connectivity index is 1.20. The van der Waals surface area contributed by atoms with Gasteiger partial charge in [0.15, 0.2) is 0 Å². The third-order valence-electron chi connectivity index (χ3n) is 6.40. The zero-order valence-corrected chi connectivity index (χ0v) is 18.5. The molecule has 4 amide bonds. The largest absolute Gasteiger partial charge is 0.342 e. The Morgan fingerprint density at radius 2 is 1.39 bits per heavy atom. The zero-order valence-electron chi connectivity index (χ0n) is 18.5. The molecule has 0 saturated carbocycles. The predicted octanol–water partition coefficient (Wildman–Crippen LogP) is 3.49. The molecule has 2 N–H and O–H groups in total. The van der Waals surface area contributed by atoms with Gasteiger partial charge in [-0.3, -0.25) is 9.59 Å². The van der Waals surface area contributed by atoms with E-state index in [0.29, 0.717) is 44.6 Å². The molecule has 174 valence electrons. The molecule has 2 heterocycles. The standard InChI is InChI=1S/C25H29FN4O3/c26-20-8-6-18(7-9-20)23(31)29-14-10-19(11-15-29)24(32)30-16-12-22(13-17-30)28-25(33)27-21-4-2-1-3-5-21/h1-9,19,22H,10-17H2,(H2,27,28,33). The van der Waals surface area contributed by atoms with Crippen LogP contribution in [0.25, 0.3) is 0 Å². The molecule has 8 heteroatoms. The number of hydrogen-bond donors (Lipinski definition) is 2. The van der Waals surface area contributed by atoms with Crippen LogP contribution in [-0.4, -0.2) is 59.9 Å². The van der Waals surface area contributed by atoms with Gasteiger partial charge in [0.25, 0.3) is 5.91 Å². The number of benzene rings is 2. The summed E-state index contributed by atoms with van der Waals surface area (Å²) in [7, 11) is 0. The molecule has 33 heavy (non-hydrogen) atoms. The maximum atomic E-state index is 13.1. The van der Waals surface area contributed by atoms with Crippen LogP contribution >= 0.6 is 0 Å². The minimum absolute atomic E-state index is 0.0351. The van der Waals surface area contributed by atoms with Gasteiger partial charge in [-0.05, 0) is 62.1 Å². The zero-order chi connectivity index (χ0) is 23.2. The third kappa shape index (κ3) is 5.88. The van der Waals surface area contributed by atoms with E-state index in [-0.39, 0.29) is 35.6 Å². The molecule has 2 aromatic rings. The number of piperidine rings is 2. The number of rotatable bonds is 4. The van der Waals surface area contributed by atoms with Gasteiger partial charge in [-0.25, -0.2) is 9.18 Å². The highest BCUT2D eigenvalue weighted by Gasteiger charge is 2.32. The Bertz CT molecular complexity index is 967. The van der Waals surface area contributed by atoms with Crippen LogP contribution in [0.3, 0.4) is 0 Å². The summed E-state index contributed by atoms with van der Waals surface area (Å²) in [6.07, 6.45) is 2.69. The fraction of sp³-hybridized carbons (Fsp3) is 0.400. The van der Waals surface area contributed by atoms with Crippen molar-refractivity contribution >= 4 is 23.5 Å². The Morgan fingerprint density at radius 3 is 2.03 bits per heavy atom. The minimum atomic E-state index is -0.369. The molecule has 2 fully saturated rings. The normalized spacial score (nSPS) is 17.5. The lowest BCUT2D eigenvalue weighted by Crippen LogP contribution is -2.50. The summed E-state index contributed by atoms with van der Waals surface area (Å²) in [4.78, 5) is 41.4. The molecule has 2 saturated heterocycles. The fourth-order valence-electron chi connectivity index (χ4n) is 4.48. The minimum Gasteiger partial charge on any atom is -0.342 e. The molecule has 0 unspecified atom stereocenters. The van der Waals surface area contributed by atoms with Crippen LogP contribution < -0.4 is 10.6 Å². The van der Waals surface area contributed by atoms with Gasteiger partial charge < -0.3 is 20.4 Å². The molecule has 0 spiro atoms. The number of nitrogens with one attached hydrogen (secondary N) is 2. The van der Waals surface area contributed by atoms with Crippen molar-refractivity contribution in [1.29, 1.82) is 0 Å². The number of carbonyl (C=O) groups excluding carboxylic acids is 3. The molecule has 0 radical (unpaired) electrons. The van der Waals surface area contributed by atoms with E-state index in [1.165, 1.54) is 24.3 Å². The second-order valence-corrected chi connectivity index (χ2v) is 8.64. The number of urea groups is 1. The highest BCUT2D eigenvalue weighted by Crippen LogP contribution is 2.23. The van der Waals surface area contributed by atoms with Crippen LogP contribution in [0.15, 0.2) is 54.6 Å². The number of halogens is 1. The molecule has 7 nitrogen and oxygen atoms in total. The van der Waals surface area contributed by atoms with Crippen molar-refractivity contribution in [2.75, 3.05) is 31.5 Å². The molecule has 4 rings (SSSR count). The number of carbonyl (C=O) groups is 3. The molecule has 2 aromatic carbocycles. The lowest BCUT2D eigenvalue weighted by molar-refractivity contribution is -0.138. The second-order valence-electron chi connectivity index (χ2n) is 8.64. The smallest absolute Gasteiger partial charge is 0.319 e. The highest BCUT2D eigenvalue weighted by molar-refractivity contribution is 5.94. The second kappa shape index (κ2) is 10.5. The van der Waals surface area contributed by atoms with Crippen LogP contribution in [0.4, 0.5) is 14.9 Å². The molecular weight excluding hydrogens is 423 g/mol. The lowest BCUT2D eigenvalue weighted by atomic mass is 9.93. The highest BCUT2D eigenvalue weighted by atomic mass is 19.1. The van der Waals surface area contributed by atoms with Gasteiger partial charge in [-0.15, -0.1) is 0 Å². The van der Waals surface area contributed by atoms with Gasteiger partial charge in [-0.1, -0.05) is 18.2 Å². The van der Waals surface area contributed by atoms with Gasteiger partial charge >= 0.3 is 6.03 Å². The van der Waals surface area contributed by atoms with Crippen molar-refractivity contribution < 1.29 is 18.8 Å². The van der Waals surface area contributed by atoms with Crippen molar-refractivity contribution in [1.82, 2.24) is 15.1 Å². The van der Waals surface area contributed by atoms with Crippen molar-refractivity contribution in [3.8, 4) is 0 Å². The maximum Gasteiger partial charge on any atom is 0.319 e. The van der Waals surface area contributed by atoms with E-state index in [1.807, 2.05) is 35.2 Å². The SMILES string of the molecule is O=C(Nc1ccccc1)NC1CCN(C(=O)C2CCN(C(=O)c3ccc(F)cc3)CC2)CC1. The van der Waals surface area contributed by atoms with E-state index in [0.717, 1.165) is 18.5 Å². The quantitative estimate of drug-likeness (QED) is 0.745. The molecule has 0 bridgehead atoms. The van der Waals surface area contributed by atoms with E-state index in [9.17, 15) is 18.8 Å². The topological polar surface area (TPSA) is 81.8 Å². The van der Waals surface area contributed by atoms with Crippen LogP contribution in [0.2, 0.25) is 0 Å². The first-order valence-corrected chi connectivity index (χ1v) is 11.5. The lowest BCUT2D eigenvalue weighted by Gasteiger charge is -2.37. The predicted molar refractivity (Wildman–Crippen MR) is 123 cm³/mol. The van der Waals surface area contributed by atoms with E-state index >= 15 is 0 Å². The summed E-state index contributed by atoms with van der Waals surface area (Å²) in [6.45, 7) is 2.27. The van der Waals surface area contributed by atoms with Gasteiger partial charge in [-0.2, -0.15) is 0 Å². The van der Waals surface area contributed by atoms with Crippen molar-refractivity contribution in [2.24, 2.45) is 5.92 Å². The first kappa shape index (κ1) is 22.8. The van der Waals surface area contributed by atoms with Gasteiger partial charge in [0.05, 0.1) is 0 Å². The molecule has 2 aliphatic rings. The monoisotopic (exact) mass is 452 g/mol. The van der Waals surface area contributed by atoms with E-state index in [4.69, 9.17) is 0 Å². The van der Waals surface area contributed by atoms with Crippen molar-refractivity contribution in [3.05, 3.63) is 66.0 Å². The maximum absolute atomic E-state index is 13.1. The Hall–Kier alpha value is -3.42. The molecule has 2 aliphatic heterocycles. The number of hydrogen-bond acceptors (Lipinski definition) is 3. The van der Waals surface area contributed by atoms with Gasteiger partial charge in [0.1, 0.15) is 5.82 Å². The summed E-state index contributed by atoms with van der Waals surface area (Å²) in [6, 6.07) is 14.6. The molecular formula is C25H29FN4O3. The summed E-state index contributed by atoms with van der Waals surface area (Å²) in [5.74, 6) is -0.447. The van der Waals surface area contributed by atoms with Crippen LogP contribution in [0.5, 0.6) is 0 Å². The number of para-hydroxylation sites is 1. The first-order chi connectivity index (χ1) is 16.0. The Kier molecular flexibility index (Phi) is 7.22. The fourth-order valence-corrected chi connectivity index (χ4v) is 4.48. The molecule has 0 aliphatic carbocycles. The Labute approximate surface area is 192 Å². The number of likely N-dealkylation sites (tertiary alicyclic amines) is 2. The summed E-state index contributed by atoms with van der Waals surface area (Å²) in [5.41, 5.74) is 1.21. The average molecular weight is 453 g/mol. The van der Waals surface area contributed by atoms with Crippen molar-refractivity contribution in [2.45, 2.75) is 31.7 Å². The number of anilines is 1. The van der Waals surface area contributed by atoms with E-state index in [1.54, 1.807) is 4.90 Å². The van der Waals surface area contributed by atoms with Crippen LogP contribution in [0, 0.1) is 11.7 Å². The summed E-state index contributed by atoms with van der Waals surface area (Å²) >= 11 is 0. The molecule has 0 atom stereocenters. The third-order valence-corrected chi connectivity index (χ3v) is 6.40. The van der Waals surface area contributed by atoms with Gasteiger partial charge in [0, 0.05) is 49.4 Å². The average Bonchev–Trinajstić information content (AvgIpc) is 2.85.